The smallest absolute Gasteiger partial charge is 0.274 e. The van der Waals surface area contributed by atoms with Gasteiger partial charge in [0.05, 0.1) is 20.9 Å². The average Bonchev–Trinajstić information content (AvgIpc) is 3.40. The number of aromatic nitrogens is 3. The van der Waals surface area contributed by atoms with Crippen molar-refractivity contribution in [3.63, 3.8) is 0 Å². The van der Waals surface area contributed by atoms with E-state index >= 15 is 0 Å². The highest BCUT2D eigenvalue weighted by molar-refractivity contribution is 7.18. The van der Waals surface area contributed by atoms with Crippen LogP contribution in [-0.4, -0.2) is 38.7 Å². The van der Waals surface area contributed by atoms with E-state index in [4.69, 9.17) is 28.2 Å². The number of amides is 1. The molecule has 1 aliphatic heterocycles. The summed E-state index contributed by atoms with van der Waals surface area (Å²) < 4.78 is 2.83. The van der Waals surface area contributed by atoms with Crippen molar-refractivity contribution in [2.45, 2.75) is 18.8 Å². The predicted octanol–water partition coefficient (Wildman–Crippen LogP) is 5.81. The summed E-state index contributed by atoms with van der Waals surface area (Å²) in [7, 11) is 0. The maximum atomic E-state index is 12.9. The Morgan fingerprint density at radius 1 is 1.03 bits per heavy atom. The SMILES string of the molecule is O=C(c1ccn(-c2cccc(Cl)c2)n1)N1CCC(c2nc3cc(Cl)ccc3s2)CC1. The molecule has 1 aliphatic rings. The van der Waals surface area contributed by atoms with Gasteiger partial charge in [-0.2, -0.15) is 5.10 Å². The molecule has 0 aliphatic carbocycles. The van der Waals surface area contributed by atoms with Crippen LogP contribution in [0, 0.1) is 0 Å². The molecule has 0 radical (unpaired) electrons. The molecule has 152 valence electrons. The van der Waals surface area contributed by atoms with Crippen LogP contribution in [0.5, 0.6) is 0 Å². The number of fused-ring (bicyclic) bond motifs is 1. The van der Waals surface area contributed by atoms with E-state index in [2.05, 4.69) is 5.10 Å². The standard InChI is InChI=1S/C22H18Cl2N4OS/c23-15-2-1-3-17(12-15)28-11-8-18(26-28)22(29)27-9-6-14(7-10-27)21-25-19-13-16(24)4-5-20(19)30-21/h1-5,8,11-14H,6-7,9-10H2. The summed E-state index contributed by atoms with van der Waals surface area (Å²) >= 11 is 13.9. The molecule has 0 saturated carbocycles. The van der Waals surface area contributed by atoms with Gasteiger partial charge in [-0.25, -0.2) is 9.67 Å². The first-order valence-electron chi connectivity index (χ1n) is 9.74. The number of hydrogen-bond acceptors (Lipinski definition) is 4. The van der Waals surface area contributed by atoms with Crippen molar-refractivity contribution in [3.8, 4) is 5.69 Å². The predicted molar refractivity (Wildman–Crippen MR) is 121 cm³/mol. The highest BCUT2D eigenvalue weighted by Gasteiger charge is 2.27. The van der Waals surface area contributed by atoms with Crippen molar-refractivity contribution < 1.29 is 4.79 Å². The second-order valence-electron chi connectivity index (χ2n) is 7.36. The number of benzene rings is 2. The molecular weight excluding hydrogens is 439 g/mol. The lowest BCUT2D eigenvalue weighted by atomic mass is 9.97. The Hall–Kier alpha value is -2.41. The molecule has 30 heavy (non-hydrogen) atoms. The third-order valence-electron chi connectivity index (χ3n) is 5.38. The van der Waals surface area contributed by atoms with Crippen molar-refractivity contribution in [2.75, 3.05) is 13.1 Å². The quantitative estimate of drug-likeness (QED) is 0.390. The first-order chi connectivity index (χ1) is 14.6. The van der Waals surface area contributed by atoms with Crippen LogP contribution in [0.3, 0.4) is 0 Å². The topological polar surface area (TPSA) is 51.0 Å². The molecule has 5 rings (SSSR count). The number of thiazole rings is 1. The van der Waals surface area contributed by atoms with Gasteiger partial charge in [0, 0.05) is 35.2 Å². The average molecular weight is 457 g/mol. The second-order valence-corrected chi connectivity index (χ2v) is 9.29. The summed E-state index contributed by atoms with van der Waals surface area (Å²) in [4.78, 5) is 19.6. The van der Waals surface area contributed by atoms with Gasteiger partial charge in [0.25, 0.3) is 5.91 Å². The van der Waals surface area contributed by atoms with E-state index in [9.17, 15) is 4.79 Å². The van der Waals surface area contributed by atoms with Crippen molar-refractivity contribution in [3.05, 3.63) is 75.5 Å². The zero-order valence-corrected chi connectivity index (χ0v) is 18.3. The zero-order chi connectivity index (χ0) is 20.7. The van der Waals surface area contributed by atoms with Gasteiger partial charge in [-0.1, -0.05) is 29.3 Å². The van der Waals surface area contributed by atoms with Gasteiger partial charge in [0.15, 0.2) is 5.69 Å². The Morgan fingerprint density at radius 2 is 1.83 bits per heavy atom. The van der Waals surface area contributed by atoms with Crippen molar-refractivity contribution in [1.82, 2.24) is 19.7 Å². The van der Waals surface area contributed by atoms with Gasteiger partial charge in [-0.15, -0.1) is 11.3 Å². The van der Waals surface area contributed by atoms with Gasteiger partial charge >= 0.3 is 0 Å². The maximum Gasteiger partial charge on any atom is 0.274 e. The van der Waals surface area contributed by atoms with E-state index in [1.165, 1.54) is 0 Å². The number of likely N-dealkylation sites (tertiary alicyclic amines) is 1. The van der Waals surface area contributed by atoms with Gasteiger partial charge in [-0.3, -0.25) is 4.79 Å². The molecule has 8 heteroatoms. The van der Waals surface area contributed by atoms with E-state index in [0.29, 0.717) is 34.7 Å². The Morgan fingerprint density at radius 3 is 2.63 bits per heavy atom. The molecule has 2 aromatic carbocycles. The number of carbonyl (C=O) groups is 1. The third-order valence-corrected chi connectivity index (χ3v) is 7.05. The minimum atomic E-state index is -0.0368. The summed E-state index contributed by atoms with van der Waals surface area (Å²) in [6, 6.07) is 15.0. The van der Waals surface area contributed by atoms with E-state index in [1.807, 2.05) is 47.4 Å². The summed E-state index contributed by atoms with van der Waals surface area (Å²) in [6.07, 6.45) is 3.58. The fourth-order valence-electron chi connectivity index (χ4n) is 3.78. The van der Waals surface area contributed by atoms with Crippen molar-refractivity contribution >= 4 is 50.7 Å². The first kappa shape index (κ1) is 19.5. The lowest BCUT2D eigenvalue weighted by molar-refractivity contribution is 0.0706. The molecule has 1 amide bonds. The molecule has 2 aromatic heterocycles. The van der Waals surface area contributed by atoms with Crippen LogP contribution < -0.4 is 0 Å². The van der Waals surface area contributed by atoms with Crippen LogP contribution >= 0.6 is 34.5 Å². The largest absolute Gasteiger partial charge is 0.337 e. The van der Waals surface area contributed by atoms with Crippen LogP contribution in [0.25, 0.3) is 15.9 Å². The molecule has 0 atom stereocenters. The van der Waals surface area contributed by atoms with Gasteiger partial charge in [0.1, 0.15) is 0 Å². The van der Waals surface area contributed by atoms with E-state index in [1.54, 1.807) is 28.3 Å². The fraction of sp³-hybridized carbons (Fsp3) is 0.227. The Labute approximate surface area is 187 Å². The molecule has 1 fully saturated rings. The molecule has 4 aromatic rings. The van der Waals surface area contributed by atoms with Crippen LogP contribution in [0.4, 0.5) is 0 Å². The third kappa shape index (κ3) is 3.83. The van der Waals surface area contributed by atoms with Crippen LogP contribution in [0.15, 0.2) is 54.7 Å². The number of hydrogen-bond donors (Lipinski definition) is 0. The number of halogens is 2. The highest BCUT2D eigenvalue weighted by atomic mass is 35.5. The summed E-state index contributed by atoms with van der Waals surface area (Å²) in [5, 5.41) is 6.92. The van der Waals surface area contributed by atoms with Crippen LogP contribution in [0.2, 0.25) is 10.0 Å². The molecule has 1 saturated heterocycles. The summed E-state index contributed by atoms with van der Waals surface area (Å²) in [6.45, 7) is 1.40. The number of nitrogens with zero attached hydrogens (tertiary/aromatic N) is 4. The van der Waals surface area contributed by atoms with E-state index < -0.39 is 0 Å². The lowest BCUT2D eigenvalue weighted by Crippen LogP contribution is -2.38. The minimum Gasteiger partial charge on any atom is -0.337 e. The minimum absolute atomic E-state index is 0.0368. The molecule has 5 nitrogen and oxygen atoms in total. The maximum absolute atomic E-state index is 12.9. The number of carbonyl (C=O) groups excluding carboxylic acids is 1. The first-order valence-corrected chi connectivity index (χ1v) is 11.3. The second kappa shape index (κ2) is 8.02. The molecule has 0 bridgehead atoms. The molecular formula is C22H18Cl2N4OS. The molecule has 0 spiro atoms. The monoisotopic (exact) mass is 456 g/mol. The molecule has 0 N–H and O–H groups in total. The van der Waals surface area contributed by atoms with Crippen LogP contribution in [-0.2, 0) is 0 Å². The lowest BCUT2D eigenvalue weighted by Gasteiger charge is -2.30. The van der Waals surface area contributed by atoms with Gasteiger partial charge in [0.2, 0.25) is 0 Å². The number of piperidine rings is 1. The van der Waals surface area contributed by atoms with Gasteiger partial charge < -0.3 is 4.90 Å². The Kier molecular flexibility index (Phi) is 5.23. The Balaban J connectivity index is 1.26. The summed E-state index contributed by atoms with van der Waals surface area (Å²) in [5.41, 5.74) is 2.23. The highest BCUT2D eigenvalue weighted by Crippen LogP contribution is 2.35. The fourth-order valence-corrected chi connectivity index (χ4v) is 5.25. The summed E-state index contributed by atoms with van der Waals surface area (Å²) in [5.74, 6) is 0.333. The van der Waals surface area contributed by atoms with E-state index in [-0.39, 0.29) is 5.91 Å². The van der Waals surface area contributed by atoms with E-state index in [0.717, 1.165) is 33.8 Å². The van der Waals surface area contributed by atoms with Crippen LogP contribution in [0.1, 0.15) is 34.3 Å². The van der Waals surface area contributed by atoms with Crippen molar-refractivity contribution in [1.29, 1.82) is 0 Å². The normalized spacial score (nSPS) is 15.1. The number of rotatable bonds is 3. The van der Waals surface area contributed by atoms with Crippen molar-refractivity contribution in [2.24, 2.45) is 0 Å². The zero-order valence-electron chi connectivity index (χ0n) is 16.0. The van der Waals surface area contributed by atoms with Gasteiger partial charge in [-0.05, 0) is 55.3 Å². The molecule has 0 unspecified atom stereocenters. The Bertz CT molecular complexity index is 1230. The molecule has 3 heterocycles.